The Morgan fingerprint density at radius 3 is 2.29 bits per heavy atom. The summed E-state index contributed by atoms with van der Waals surface area (Å²) < 4.78 is 17.1. The number of nitrogens with zero attached hydrogens (tertiary/aromatic N) is 3. The molecule has 1 aliphatic rings. The number of thiazole rings is 1. The third-order valence-corrected chi connectivity index (χ3v) is 6.69. The standard InChI is InChI=1S/C26H33N3O3S.2ClH/c1-5-31-24-8-7-20(16-25(24)32-6-2)26-27-23(18-33-26)21-13-19(14-22(15-21)30-4)17-29-11-9-28(3)10-12-29;;/h7-8,13-16,18H,5-6,9-12,17H2,1-4H3;2*1H. The van der Waals surface area contributed by atoms with E-state index in [1.807, 2.05) is 32.0 Å². The molecule has 6 nitrogen and oxygen atoms in total. The molecule has 0 N–H and O–H groups in total. The molecule has 9 heteroatoms. The number of rotatable bonds is 9. The van der Waals surface area contributed by atoms with E-state index in [0.29, 0.717) is 13.2 Å². The molecule has 3 aromatic rings. The summed E-state index contributed by atoms with van der Waals surface area (Å²) in [6.45, 7) is 10.5. The zero-order valence-electron chi connectivity index (χ0n) is 20.8. The van der Waals surface area contributed by atoms with E-state index in [0.717, 1.165) is 71.8 Å². The smallest absolute Gasteiger partial charge is 0.161 e. The molecule has 4 rings (SSSR count). The van der Waals surface area contributed by atoms with Crippen LogP contribution >= 0.6 is 36.2 Å². The molecular formula is C26H35Cl2N3O3S. The van der Waals surface area contributed by atoms with E-state index in [9.17, 15) is 0 Å². The highest BCUT2D eigenvalue weighted by Gasteiger charge is 2.16. The van der Waals surface area contributed by atoms with Crippen LogP contribution in [-0.4, -0.2) is 68.3 Å². The van der Waals surface area contributed by atoms with Gasteiger partial charge in [-0.2, -0.15) is 0 Å². The summed E-state index contributed by atoms with van der Waals surface area (Å²) in [4.78, 5) is 9.82. The van der Waals surface area contributed by atoms with E-state index in [1.54, 1.807) is 18.4 Å². The quantitative estimate of drug-likeness (QED) is 0.338. The zero-order valence-corrected chi connectivity index (χ0v) is 23.2. The van der Waals surface area contributed by atoms with Gasteiger partial charge in [-0.3, -0.25) is 4.90 Å². The van der Waals surface area contributed by atoms with Crippen molar-refractivity contribution in [1.82, 2.24) is 14.8 Å². The molecule has 1 aliphatic heterocycles. The maximum absolute atomic E-state index is 5.80. The number of hydrogen-bond acceptors (Lipinski definition) is 7. The van der Waals surface area contributed by atoms with Gasteiger partial charge in [-0.05, 0) is 62.9 Å². The summed E-state index contributed by atoms with van der Waals surface area (Å²) in [7, 11) is 3.91. The van der Waals surface area contributed by atoms with E-state index < -0.39 is 0 Å². The predicted molar refractivity (Wildman–Crippen MR) is 149 cm³/mol. The van der Waals surface area contributed by atoms with Crippen LogP contribution < -0.4 is 14.2 Å². The van der Waals surface area contributed by atoms with E-state index in [4.69, 9.17) is 19.2 Å². The van der Waals surface area contributed by atoms with Gasteiger partial charge in [0.15, 0.2) is 11.5 Å². The first-order valence-electron chi connectivity index (χ1n) is 11.5. The SMILES string of the molecule is CCOc1ccc(-c2nc(-c3cc(CN4CCN(C)CC4)cc(OC)c3)cs2)cc1OCC.Cl.Cl. The van der Waals surface area contributed by atoms with Gasteiger partial charge in [-0.15, -0.1) is 36.2 Å². The van der Waals surface area contributed by atoms with Crippen molar-refractivity contribution in [3.05, 3.63) is 47.3 Å². The largest absolute Gasteiger partial charge is 0.497 e. The third kappa shape index (κ3) is 7.48. The highest BCUT2D eigenvalue weighted by atomic mass is 35.5. The monoisotopic (exact) mass is 539 g/mol. The summed E-state index contributed by atoms with van der Waals surface area (Å²) in [5, 5.41) is 3.07. The molecule has 0 aliphatic carbocycles. The summed E-state index contributed by atoms with van der Waals surface area (Å²) in [6.07, 6.45) is 0. The second-order valence-electron chi connectivity index (χ2n) is 8.21. The van der Waals surface area contributed by atoms with Crippen LogP contribution in [0.25, 0.3) is 21.8 Å². The second kappa shape index (κ2) is 13.9. The molecule has 0 amide bonds. The van der Waals surface area contributed by atoms with Gasteiger partial charge in [0.05, 0.1) is 26.0 Å². The Morgan fingerprint density at radius 2 is 1.60 bits per heavy atom. The third-order valence-electron chi connectivity index (χ3n) is 5.79. The van der Waals surface area contributed by atoms with Crippen molar-refractivity contribution < 1.29 is 14.2 Å². The van der Waals surface area contributed by atoms with Crippen LogP contribution in [0.4, 0.5) is 0 Å². The lowest BCUT2D eigenvalue weighted by atomic mass is 10.1. The first kappa shape index (κ1) is 29.2. The average molecular weight is 541 g/mol. The highest BCUT2D eigenvalue weighted by Crippen LogP contribution is 2.36. The Bertz CT molecular complexity index is 1070. The van der Waals surface area contributed by atoms with Crippen LogP contribution in [0.5, 0.6) is 17.2 Å². The molecule has 0 saturated carbocycles. The van der Waals surface area contributed by atoms with Crippen molar-refractivity contribution in [2.45, 2.75) is 20.4 Å². The van der Waals surface area contributed by atoms with Gasteiger partial charge in [-0.25, -0.2) is 4.98 Å². The number of benzene rings is 2. The summed E-state index contributed by atoms with van der Waals surface area (Å²) in [5.41, 5.74) is 4.32. The molecule has 1 aromatic heterocycles. The Morgan fingerprint density at radius 1 is 0.886 bits per heavy atom. The molecule has 0 atom stereocenters. The molecule has 0 radical (unpaired) electrons. The van der Waals surface area contributed by atoms with Gasteiger partial charge in [0.25, 0.3) is 0 Å². The first-order chi connectivity index (χ1) is 16.1. The predicted octanol–water partition coefficient (Wildman–Crippen LogP) is 5.87. The van der Waals surface area contributed by atoms with Crippen LogP contribution in [0.15, 0.2) is 41.8 Å². The minimum atomic E-state index is 0. The topological polar surface area (TPSA) is 47.1 Å². The van der Waals surface area contributed by atoms with Crippen molar-refractivity contribution in [2.75, 3.05) is 53.6 Å². The number of ether oxygens (including phenoxy) is 3. The van der Waals surface area contributed by atoms with Gasteiger partial charge >= 0.3 is 0 Å². The van der Waals surface area contributed by atoms with Crippen molar-refractivity contribution >= 4 is 36.2 Å². The second-order valence-corrected chi connectivity index (χ2v) is 9.07. The lowest BCUT2D eigenvalue weighted by Gasteiger charge is -2.32. The fraction of sp³-hybridized carbons (Fsp3) is 0.423. The molecule has 0 bridgehead atoms. The Hall–Kier alpha value is -2.03. The van der Waals surface area contributed by atoms with Crippen molar-refractivity contribution in [2.24, 2.45) is 0 Å². The number of likely N-dealkylation sites (N-methyl/N-ethyl adjacent to an activating group) is 1. The Kier molecular flexibility index (Phi) is 11.6. The van der Waals surface area contributed by atoms with Crippen LogP contribution in [0.2, 0.25) is 0 Å². The summed E-state index contributed by atoms with van der Waals surface area (Å²) >= 11 is 1.63. The average Bonchev–Trinajstić information content (AvgIpc) is 3.32. The molecule has 192 valence electrons. The van der Waals surface area contributed by atoms with Crippen LogP contribution in [0, 0.1) is 0 Å². The Labute approximate surface area is 225 Å². The van der Waals surface area contributed by atoms with E-state index in [-0.39, 0.29) is 24.8 Å². The summed E-state index contributed by atoms with van der Waals surface area (Å²) in [5.74, 6) is 2.39. The molecule has 2 heterocycles. The van der Waals surface area contributed by atoms with E-state index in [1.165, 1.54) is 5.56 Å². The van der Waals surface area contributed by atoms with Crippen molar-refractivity contribution in [3.8, 4) is 39.1 Å². The minimum Gasteiger partial charge on any atom is -0.497 e. The molecule has 1 fully saturated rings. The van der Waals surface area contributed by atoms with E-state index >= 15 is 0 Å². The molecule has 1 saturated heterocycles. The van der Waals surface area contributed by atoms with Gasteiger partial charge in [-0.1, -0.05) is 0 Å². The van der Waals surface area contributed by atoms with E-state index in [2.05, 4.69) is 40.4 Å². The Balaban J connectivity index is 0.00000216. The fourth-order valence-corrected chi connectivity index (χ4v) is 4.83. The molecule has 0 unspecified atom stereocenters. The number of aromatic nitrogens is 1. The molecule has 2 aromatic carbocycles. The van der Waals surface area contributed by atoms with Crippen LogP contribution in [0.3, 0.4) is 0 Å². The number of halogens is 2. The highest BCUT2D eigenvalue weighted by molar-refractivity contribution is 7.13. The normalized spacial score (nSPS) is 14.1. The lowest BCUT2D eigenvalue weighted by molar-refractivity contribution is 0.148. The lowest BCUT2D eigenvalue weighted by Crippen LogP contribution is -2.43. The van der Waals surface area contributed by atoms with Crippen molar-refractivity contribution in [1.29, 1.82) is 0 Å². The molecule has 0 spiro atoms. The zero-order chi connectivity index (χ0) is 23.2. The molecule has 35 heavy (non-hydrogen) atoms. The maximum Gasteiger partial charge on any atom is 0.161 e. The van der Waals surface area contributed by atoms with Crippen LogP contribution in [-0.2, 0) is 6.54 Å². The van der Waals surface area contributed by atoms with Gasteiger partial charge in [0, 0.05) is 49.2 Å². The van der Waals surface area contributed by atoms with Crippen molar-refractivity contribution in [3.63, 3.8) is 0 Å². The van der Waals surface area contributed by atoms with Gasteiger partial charge < -0.3 is 19.1 Å². The van der Waals surface area contributed by atoms with Gasteiger partial charge in [0.2, 0.25) is 0 Å². The summed E-state index contributed by atoms with van der Waals surface area (Å²) in [6, 6.07) is 12.5. The van der Waals surface area contributed by atoms with Gasteiger partial charge in [0.1, 0.15) is 10.8 Å². The van der Waals surface area contributed by atoms with Crippen LogP contribution in [0.1, 0.15) is 19.4 Å². The molecular weight excluding hydrogens is 505 g/mol. The fourth-order valence-electron chi connectivity index (χ4n) is 4.00. The maximum atomic E-state index is 5.80. The first-order valence-corrected chi connectivity index (χ1v) is 12.4. The number of piperazine rings is 1. The number of methoxy groups -OCH3 is 1. The number of hydrogen-bond donors (Lipinski definition) is 0. The minimum absolute atomic E-state index is 0.